The molecule has 0 fully saturated rings. The average molecular weight is 225 g/mol. The van der Waals surface area contributed by atoms with Crippen LogP contribution in [0.2, 0.25) is 0 Å². The highest BCUT2D eigenvalue weighted by atomic mass is 19.1. The summed E-state index contributed by atoms with van der Waals surface area (Å²) in [7, 11) is 0. The highest BCUT2D eigenvalue weighted by Gasteiger charge is 2.03. The Morgan fingerprint density at radius 2 is 2.19 bits per heavy atom. The zero-order chi connectivity index (χ0) is 11.8. The van der Waals surface area contributed by atoms with Crippen molar-refractivity contribution in [1.82, 2.24) is 4.98 Å². The molecule has 4 nitrogen and oxygen atoms in total. The summed E-state index contributed by atoms with van der Waals surface area (Å²) in [5, 5.41) is 2.54. The first kappa shape index (κ1) is 12.6. The van der Waals surface area contributed by atoms with Gasteiger partial charge in [0.25, 0.3) is 0 Å². The molecule has 0 atom stereocenters. The van der Waals surface area contributed by atoms with Crippen LogP contribution in [0.4, 0.5) is 10.2 Å². The zero-order valence-corrected chi connectivity index (χ0v) is 9.08. The Morgan fingerprint density at radius 3 is 2.88 bits per heavy atom. The van der Waals surface area contributed by atoms with Crippen LogP contribution >= 0.6 is 0 Å². The number of rotatable bonds is 6. The van der Waals surface area contributed by atoms with Crippen molar-refractivity contribution in [2.75, 3.05) is 11.9 Å². The van der Waals surface area contributed by atoms with Crippen molar-refractivity contribution in [2.45, 2.75) is 25.7 Å². The van der Waals surface area contributed by atoms with Crippen molar-refractivity contribution in [2.24, 2.45) is 5.73 Å². The number of aromatic nitrogens is 1. The number of anilines is 1. The maximum atomic E-state index is 12.7. The number of nitrogens with one attached hydrogen (secondary N) is 1. The molecule has 3 N–H and O–H groups in total. The van der Waals surface area contributed by atoms with Gasteiger partial charge in [-0.3, -0.25) is 4.79 Å². The summed E-state index contributed by atoms with van der Waals surface area (Å²) < 4.78 is 12.7. The Morgan fingerprint density at radius 1 is 1.38 bits per heavy atom. The Bertz CT molecular complexity index is 344. The highest BCUT2D eigenvalue weighted by Crippen LogP contribution is 2.05. The number of nitrogens with two attached hydrogens (primary N) is 1. The summed E-state index contributed by atoms with van der Waals surface area (Å²) in [5.41, 5.74) is 5.33. The summed E-state index contributed by atoms with van der Waals surface area (Å²) in [6.07, 6.45) is 3.06. The molecule has 0 bridgehead atoms. The van der Waals surface area contributed by atoms with Crippen LogP contribution in [-0.2, 0) is 4.79 Å². The van der Waals surface area contributed by atoms with Crippen LogP contribution in [0.5, 0.6) is 0 Å². The molecule has 0 unspecified atom stereocenters. The van der Waals surface area contributed by atoms with Crippen molar-refractivity contribution >= 4 is 11.7 Å². The largest absolute Gasteiger partial charge is 0.330 e. The van der Waals surface area contributed by atoms with Crippen molar-refractivity contribution < 1.29 is 9.18 Å². The number of carbonyl (C=O) groups is 1. The van der Waals surface area contributed by atoms with Crippen molar-refractivity contribution in [1.29, 1.82) is 0 Å². The van der Waals surface area contributed by atoms with Gasteiger partial charge in [-0.25, -0.2) is 4.98 Å². The maximum absolute atomic E-state index is 12.7. The third kappa shape index (κ3) is 4.84. The smallest absolute Gasteiger partial charge is 0.225 e. The molecule has 0 radical (unpaired) electrons. The molecule has 1 amide bonds. The van der Waals surface area contributed by atoms with E-state index in [1.807, 2.05) is 0 Å². The third-order valence-corrected chi connectivity index (χ3v) is 2.09. The number of carbonyl (C=O) groups excluding carboxylic acids is 1. The first-order chi connectivity index (χ1) is 7.72. The molecule has 16 heavy (non-hydrogen) atoms. The second-order valence-corrected chi connectivity index (χ2v) is 3.49. The van der Waals surface area contributed by atoms with Gasteiger partial charge in [-0.15, -0.1) is 0 Å². The Balaban J connectivity index is 2.29. The number of unbranched alkanes of at least 4 members (excludes halogenated alkanes) is 2. The number of hydrogen-bond donors (Lipinski definition) is 2. The lowest BCUT2D eigenvalue weighted by atomic mass is 10.2. The van der Waals surface area contributed by atoms with Crippen LogP contribution in [0.3, 0.4) is 0 Å². The molecule has 1 aromatic rings. The Hall–Kier alpha value is -1.49. The van der Waals surface area contributed by atoms with Crippen LogP contribution in [0.25, 0.3) is 0 Å². The second kappa shape index (κ2) is 6.90. The molecule has 0 saturated carbocycles. The van der Waals surface area contributed by atoms with E-state index in [1.165, 1.54) is 12.1 Å². The topological polar surface area (TPSA) is 68.0 Å². The summed E-state index contributed by atoms with van der Waals surface area (Å²) in [6, 6.07) is 4.30. The van der Waals surface area contributed by atoms with Gasteiger partial charge in [0, 0.05) is 6.42 Å². The van der Waals surface area contributed by atoms with Gasteiger partial charge in [0.2, 0.25) is 11.9 Å². The molecule has 1 heterocycles. The fourth-order valence-corrected chi connectivity index (χ4v) is 1.29. The Kier molecular flexibility index (Phi) is 5.42. The van der Waals surface area contributed by atoms with E-state index in [0.717, 1.165) is 19.3 Å². The summed E-state index contributed by atoms with van der Waals surface area (Å²) in [6.45, 7) is 0.646. The molecule has 1 aromatic heterocycles. The highest BCUT2D eigenvalue weighted by molar-refractivity contribution is 5.89. The normalized spacial score (nSPS) is 10.1. The minimum absolute atomic E-state index is 0.143. The molecule has 0 aliphatic heterocycles. The van der Waals surface area contributed by atoms with E-state index in [4.69, 9.17) is 5.73 Å². The molecule has 1 rings (SSSR count). The van der Waals surface area contributed by atoms with E-state index in [9.17, 15) is 9.18 Å². The van der Waals surface area contributed by atoms with E-state index in [-0.39, 0.29) is 11.7 Å². The van der Waals surface area contributed by atoms with Gasteiger partial charge in [-0.05, 0) is 31.5 Å². The van der Waals surface area contributed by atoms with Gasteiger partial charge < -0.3 is 11.1 Å². The maximum Gasteiger partial charge on any atom is 0.225 e. The zero-order valence-electron chi connectivity index (χ0n) is 9.08. The quantitative estimate of drug-likeness (QED) is 0.571. The van der Waals surface area contributed by atoms with Crippen molar-refractivity contribution in [3.8, 4) is 0 Å². The standard InChI is InChI=1S/C11H16FN3O/c12-9-5-4-6-10(14-9)15-11(16)7-2-1-3-8-13/h4-6H,1-3,7-8,13H2,(H,14,15,16). The molecule has 5 heteroatoms. The molecule has 0 aliphatic carbocycles. The molecule has 0 saturated heterocycles. The van der Waals surface area contributed by atoms with Gasteiger partial charge in [0.1, 0.15) is 5.82 Å². The molecule has 0 aliphatic rings. The van der Waals surface area contributed by atoms with Crippen LogP contribution in [-0.4, -0.2) is 17.4 Å². The molecule has 0 aromatic carbocycles. The molecular weight excluding hydrogens is 209 g/mol. The van der Waals surface area contributed by atoms with E-state index in [1.54, 1.807) is 6.07 Å². The van der Waals surface area contributed by atoms with Gasteiger partial charge >= 0.3 is 0 Å². The first-order valence-corrected chi connectivity index (χ1v) is 5.35. The lowest BCUT2D eigenvalue weighted by Gasteiger charge is -2.03. The van der Waals surface area contributed by atoms with Gasteiger partial charge in [0.05, 0.1) is 0 Å². The lowest BCUT2D eigenvalue weighted by Crippen LogP contribution is -2.12. The van der Waals surface area contributed by atoms with E-state index >= 15 is 0 Å². The Labute approximate surface area is 94.1 Å². The third-order valence-electron chi connectivity index (χ3n) is 2.09. The fourth-order valence-electron chi connectivity index (χ4n) is 1.29. The number of pyridine rings is 1. The number of amides is 1. The fraction of sp³-hybridized carbons (Fsp3) is 0.455. The molecule has 88 valence electrons. The van der Waals surface area contributed by atoms with Crippen LogP contribution in [0.1, 0.15) is 25.7 Å². The number of hydrogen-bond acceptors (Lipinski definition) is 3. The summed E-state index contributed by atoms with van der Waals surface area (Å²) in [4.78, 5) is 14.9. The van der Waals surface area contributed by atoms with Gasteiger partial charge in [0.15, 0.2) is 0 Å². The minimum Gasteiger partial charge on any atom is -0.330 e. The van der Waals surface area contributed by atoms with Crippen molar-refractivity contribution in [3.63, 3.8) is 0 Å². The predicted molar refractivity (Wildman–Crippen MR) is 60.3 cm³/mol. The van der Waals surface area contributed by atoms with E-state index in [2.05, 4.69) is 10.3 Å². The monoisotopic (exact) mass is 225 g/mol. The van der Waals surface area contributed by atoms with Crippen LogP contribution in [0, 0.1) is 5.95 Å². The molecule has 0 spiro atoms. The first-order valence-electron chi connectivity index (χ1n) is 5.35. The summed E-state index contributed by atoms with van der Waals surface area (Å²) >= 11 is 0. The summed E-state index contributed by atoms with van der Waals surface area (Å²) in [5.74, 6) is -0.486. The SMILES string of the molecule is NCCCCCC(=O)Nc1cccc(F)n1. The van der Waals surface area contributed by atoms with Crippen LogP contribution in [0.15, 0.2) is 18.2 Å². The van der Waals surface area contributed by atoms with E-state index < -0.39 is 5.95 Å². The van der Waals surface area contributed by atoms with Crippen LogP contribution < -0.4 is 11.1 Å². The van der Waals surface area contributed by atoms with Crippen molar-refractivity contribution in [3.05, 3.63) is 24.1 Å². The predicted octanol–water partition coefficient (Wildman–Crippen LogP) is 1.68. The molecular formula is C11H16FN3O. The number of halogens is 1. The second-order valence-electron chi connectivity index (χ2n) is 3.49. The average Bonchev–Trinajstić information content (AvgIpc) is 2.24. The van der Waals surface area contributed by atoms with Gasteiger partial charge in [-0.2, -0.15) is 4.39 Å². The number of nitrogens with zero attached hydrogens (tertiary/aromatic N) is 1. The van der Waals surface area contributed by atoms with E-state index in [0.29, 0.717) is 13.0 Å². The van der Waals surface area contributed by atoms with Gasteiger partial charge in [-0.1, -0.05) is 12.5 Å². The lowest BCUT2D eigenvalue weighted by molar-refractivity contribution is -0.116. The minimum atomic E-state index is -0.596.